The number of benzene rings is 2. The van der Waals surface area contributed by atoms with E-state index < -0.39 is 5.97 Å². The van der Waals surface area contributed by atoms with Crippen molar-refractivity contribution in [2.24, 2.45) is 0 Å². The highest BCUT2D eigenvalue weighted by Gasteiger charge is 2.22. The number of methoxy groups -OCH3 is 2. The molecule has 0 amide bonds. The molecule has 0 aliphatic carbocycles. The summed E-state index contributed by atoms with van der Waals surface area (Å²) >= 11 is 0. The van der Waals surface area contributed by atoms with E-state index in [0.717, 1.165) is 16.5 Å². The number of nitrogens with zero attached hydrogens (tertiary/aromatic N) is 2. The van der Waals surface area contributed by atoms with Crippen LogP contribution in [0.25, 0.3) is 33.1 Å². The molecule has 8 nitrogen and oxygen atoms in total. The summed E-state index contributed by atoms with van der Waals surface area (Å²) in [4.78, 5) is 15.7. The predicted molar refractivity (Wildman–Crippen MR) is 98.2 cm³/mol. The van der Waals surface area contributed by atoms with Crippen LogP contribution in [-0.2, 0) is 4.74 Å². The Morgan fingerprint density at radius 2 is 1.81 bits per heavy atom. The highest BCUT2D eigenvalue weighted by atomic mass is 16.6. The van der Waals surface area contributed by atoms with Gasteiger partial charge in [-0.2, -0.15) is 0 Å². The number of aromatic nitrogens is 3. The molecule has 4 rings (SSSR count). The van der Waals surface area contributed by atoms with E-state index in [4.69, 9.17) is 18.8 Å². The molecule has 0 unspecified atom stereocenters. The molecule has 138 valence electrons. The van der Waals surface area contributed by atoms with Crippen LogP contribution in [0.5, 0.6) is 11.5 Å². The Labute approximate surface area is 154 Å². The molecule has 0 atom stereocenters. The maximum Gasteiger partial charge on any atom is 0.355 e. The molecule has 1 N–H and O–H groups in total. The van der Waals surface area contributed by atoms with Gasteiger partial charge in [0.2, 0.25) is 0 Å². The fourth-order valence-corrected chi connectivity index (χ4v) is 3.11. The first-order valence-corrected chi connectivity index (χ1v) is 8.33. The van der Waals surface area contributed by atoms with Crippen molar-refractivity contribution in [3.05, 3.63) is 36.0 Å². The lowest BCUT2D eigenvalue weighted by Crippen LogP contribution is -2.06. The van der Waals surface area contributed by atoms with E-state index in [1.165, 1.54) is 0 Å². The standard InChI is InChI=1S/C19H17N3O5/c1-4-26-19(23)18-17(10-5-6-12-14(7-10)22-27-21-12)11-8-15(24-2)16(25-3)9-13(11)20-18/h5-9,20H,4H2,1-3H3. The summed E-state index contributed by atoms with van der Waals surface area (Å²) in [5.41, 5.74) is 3.77. The zero-order chi connectivity index (χ0) is 19.0. The van der Waals surface area contributed by atoms with Crippen molar-refractivity contribution in [2.75, 3.05) is 20.8 Å². The Balaban J connectivity index is 2.02. The minimum absolute atomic E-state index is 0.270. The SMILES string of the molecule is CCOC(=O)c1[nH]c2cc(OC)c(OC)cc2c1-c1ccc2nonc2c1. The number of carbonyl (C=O) groups excluding carboxylic acids is 1. The van der Waals surface area contributed by atoms with Gasteiger partial charge in [0.15, 0.2) is 11.5 Å². The van der Waals surface area contributed by atoms with Crippen LogP contribution in [0.4, 0.5) is 0 Å². The van der Waals surface area contributed by atoms with Crippen LogP contribution in [0.2, 0.25) is 0 Å². The van der Waals surface area contributed by atoms with Gasteiger partial charge in [0.1, 0.15) is 16.7 Å². The molecular formula is C19H17N3O5. The molecule has 0 aliphatic rings. The number of carbonyl (C=O) groups is 1. The van der Waals surface area contributed by atoms with Crippen LogP contribution in [0.1, 0.15) is 17.4 Å². The lowest BCUT2D eigenvalue weighted by molar-refractivity contribution is 0.0521. The van der Waals surface area contributed by atoms with E-state index >= 15 is 0 Å². The van der Waals surface area contributed by atoms with E-state index in [0.29, 0.717) is 33.8 Å². The van der Waals surface area contributed by atoms with Gasteiger partial charge in [0, 0.05) is 17.0 Å². The Kier molecular flexibility index (Phi) is 4.15. The second-order valence-corrected chi connectivity index (χ2v) is 5.82. The number of esters is 1. The number of aromatic amines is 1. The summed E-state index contributed by atoms with van der Waals surface area (Å²) in [5.74, 6) is 0.675. The van der Waals surface area contributed by atoms with Gasteiger partial charge in [-0.25, -0.2) is 9.42 Å². The van der Waals surface area contributed by atoms with E-state index in [1.807, 2.05) is 18.2 Å². The Hall–Kier alpha value is -3.55. The maximum atomic E-state index is 12.6. The number of ether oxygens (including phenoxy) is 3. The molecule has 2 aromatic heterocycles. The summed E-state index contributed by atoms with van der Waals surface area (Å²) < 4.78 is 20.8. The van der Waals surface area contributed by atoms with E-state index in [2.05, 4.69) is 15.3 Å². The van der Waals surface area contributed by atoms with Crippen molar-refractivity contribution >= 4 is 27.9 Å². The van der Waals surface area contributed by atoms with Gasteiger partial charge in [-0.15, -0.1) is 0 Å². The minimum atomic E-state index is -0.444. The largest absolute Gasteiger partial charge is 0.493 e. The number of H-pyrrole nitrogens is 1. The third-order valence-corrected chi connectivity index (χ3v) is 4.32. The molecule has 0 spiro atoms. The monoisotopic (exact) mass is 367 g/mol. The first-order valence-electron chi connectivity index (χ1n) is 8.33. The van der Waals surface area contributed by atoms with E-state index in [9.17, 15) is 4.79 Å². The van der Waals surface area contributed by atoms with Crippen LogP contribution < -0.4 is 9.47 Å². The third kappa shape index (κ3) is 2.75. The molecule has 8 heteroatoms. The van der Waals surface area contributed by atoms with Gasteiger partial charge in [-0.1, -0.05) is 6.07 Å². The summed E-state index contributed by atoms with van der Waals surface area (Å²) in [6.45, 7) is 2.03. The van der Waals surface area contributed by atoms with E-state index in [-0.39, 0.29) is 6.61 Å². The van der Waals surface area contributed by atoms with Crippen LogP contribution >= 0.6 is 0 Å². The average Bonchev–Trinajstić information content (AvgIpc) is 3.30. The molecule has 0 saturated heterocycles. The number of nitrogens with one attached hydrogen (secondary N) is 1. The number of hydrogen-bond acceptors (Lipinski definition) is 7. The fraction of sp³-hybridized carbons (Fsp3) is 0.211. The van der Waals surface area contributed by atoms with Crippen molar-refractivity contribution in [1.82, 2.24) is 15.3 Å². The first kappa shape index (κ1) is 16.9. The summed E-state index contributed by atoms with van der Waals surface area (Å²) in [6, 6.07) is 9.07. The van der Waals surface area contributed by atoms with Crippen molar-refractivity contribution in [3.63, 3.8) is 0 Å². The van der Waals surface area contributed by atoms with Gasteiger partial charge in [-0.3, -0.25) is 0 Å². The molecule has 2 heterocycles. The molecule has 27 heavy (non-hydrogen) atoms. The Bertz CT molecular complexity index is 1150. The highest BCUT2D eigenvalue weighted by molar-refractivity contribution is 6.09. The van der Waals surface area contributed by atoms with Gasteiger partial charge in [0.05, 0.1) is 26.3 Å². The van der Waals surface area contributed by atoms with Crippen molar-refractivity contribution < 1.29 is 23.6 Å². The quantitative estimate of drug-likeness (QED) is 0.538. The summed E-state index contributed by atoms with van der Waals surface area (Å²) in [5, 5.41) is 8.50. The lowest BCUT2D eigenvalue weighted by atomic mass is 10.0. The van der Waals surface area contributed by atoms with Crippen LogP contribution in [0.3, 0.4) is 0 Å². The smallest absolute Gasteiger partial charge is 0.355 e. The zero-order valence-electron chi connectivity index (χ0n) is 15.0. The lowest BCUT2D eigenvalue weighted by Gasteiger charge is -2.08. The maximum absolute atomic E-state index is 12.6. The Morgan fingerprint density at radius 3 is 2.56 bits per heavy atom. The molecule has 0 bridgehead atoms. The molecule has 0 radical (unpaired) electrons. The number of hydrogen-bond donors (Lipinski definition) is 1. The van der Waals surface area contributed by atoms with Crippen molar-refractivity contribution in [1.29, 1.82) is 0 Å². The topological polar surface area (TPSA) is 99.5 Å². The molecule has 2 aromatic carbocycles. The molecule has 4 aromatic rings. The molecule has 0 saturated carbocycles. The fourth-order valence-electron chi connectivity index (χ4n) is 3.11. The average molecular weight is 367 g/mol. The van der Waals surface area contributed by atoms with Crippen molar-refractivity contribution in [3.8, 4) is 22.6 Å². The highest BCUT2D eigenvalue weighted by Crippen LogP contribution is 2.39. The van der Waals surface area contributed by atoms with Gasteiger partial charge in [-0.05, 0) is 41.0 Å². The first-order chi connectivity index (χ1) is 13.2. The molecule has 0 fully saturated rings. The molecular weight excluding hydrogens is 350 g/mol. The zero-order valence-corrected chi connectivity index (χ0v) is 15.0. The van der Waals surface area contributed by atoms with Crippen LogP contribution in [-0.4, -0.2) is 42.1 Å². The second kappa shape index (κ2) is 6.64. The van der Waals surface area contributed by atoms with Gasteiger partial charge >= 0.3 is 5.97 Å². The second-order valence-electron chi connectivity index (χ2n) is 5.82. The minimum Gasteiger partial charge on any atom is -0.493 e. The van der Waals surface area contributed by atoms with Gasteiger partial charge < -0.3 is 19.2 Å². The van der Waals surface area contributed by atoms with Crippen molar-refractivity contribution in [2.45, 2.75) is 6.92 Å². The predicted octanol–water partition coefficient (Wildman–Crippen LogP) is 3.57. The summed E-state index contributed by atoms with van der Waals surface area (Å²) in [7, 11) is 3.13. The number of rotatable bonds is 5. The number of fused-ring (bicyclic) bond motifs is 2. The van der Waals surface area contributed by atoms with Crippen LogP contribution in [0.15, 0.2) is 35.0 Å². The van der Waals surface area contributed by atoms with Crippen LogP contribution in [0, 0.1) is 0 Å². The van der Waals surface area contributed by atoms with Gasteiger partial charge in [0.25, 0.3) is 0 Å². The third-order valence-electron chi connectivity index (χ3n) is 4.32. The van der Waals surface area contributed by atoms with E-state index in [1.54, 1.807) is 33.3 Å². The summed E-state index contributed by atoms with van der Waals surface area (Å²) in [6.07, 6.45) is 0. The Morgan fingerprint density at radius 1 is 1.07 bits per heavy atom. The normalized spacial score (nSPS) is 11.1. The molecule has 0 aliphatic heterocycles.